The van der Waals surface area contributed by atoms with Gasteiger partial charge in [-0.2, -0.15) is 5.26 Å². The zero-order valence-corrected chi connectivity index (χ0v) is 11.3. The minimum atomic E-state index is -0.514. The molecule has 0 atom stereocenters. The molecule has 0 radical (unpaired) electrons. The van der Waals surface area contributed by atoms with Crippen molar-refractivity contribution in [2.75, 3.05) is 5.32 Å². The fourth-order valence-electron chi connectivity index (χ4n) is 2.08. The first kappa shape index (κ1) is 13.4. The van der Waals surface area contributed by atoms with E-state index in [4.69, 9.17) is 16.9 Å². The van der Waals surface area contributed by atoms with Crippen molar-refractivity contribution in [3.63, 3.8) is 0 Å². The number of benzene rings is 2. The number of halogens is 3. The molecule has 0 saturated heterocycles. The Morgan fingerprint density at radius 3 is 2.57 bits per heavy atom. The molecular formula is C15H8ClF2N3. The highest BCUT2D eigenvalue weighted by Crippen LogP contribution is 2.30. The summed E-state index contributed by atoms with van der Waals surface area (Å²) in [6, 6.07) is 10.5. The van der Waals surface area contributed by atoms with Gasteiger partial charge in [0.25, 0.3) is 0 Å². The van der Waals surface area contributed by atoms with Gasteiger partial charge in [0.05, 0.1) is 10.5 Å². The van der Waals surface area contributed by atoms with Gasteiger partial charge in [-0.25, -0.2) is 8.78 Å². The summed E-state index contributed by atoms with van der Waals surface area (Å²) in [7, 11) is 0. The lowest BCUT2D eigenvalue weighted by Gasteiger charge is -2.09. The molecule has 1 heterocycles. The van der Waals surface area contributed by atoms with Gasteiger partial charge in [-0.3, -0.25) is 0 Å². The zero-order chi connectivity index (χ0) is 15.0. The molecule has 3 aromatic rings. The summed E-state index contributed by atoms with van der Waals surface area (Å²) in [6.07, 6.45) is 0. The number of rotatable bonds is 2. The van der Waals surface area contributed by atoms with E-state index in [1.54, 1.807) is 12.1 Å². The normalized spacial score (nSPS) is 10.6. The first-order chi connectivity index (χ1) is 10.1. The number of hydrogen-bond acceptors (Lipinski definition) is 2. The van der Waals surface area contributed by atoms with Gasteiger partial charge < -0.3 is 10.3 Å². The summed E-state index contributed by atoms with van der Waals surface area (Å²) in [5.74, 6) is -0.964. The summed E-state index contributed by atoms with van der Waals surface area (Å²) in [4.78, 5) is 2.70. The lowest BCUT2D eigenvalue weighted by molar-refractivity contribution is 0.628. The third-order valence-electron chi connectivity index (χ3n) is 3.06. The Morgan fingerprint density at radius 2 is 1.86 bits per heavy atom. The quantitative estimate of drug-likeness (QED) is 0.720. The molecule has 3 nitrogen and oxygen atoms in total. The minimum Gasteiger partial charge on any atom is -0.355 e. The molecule has 0 aliphatic carbocycles. The second kappa shape index (κ2) is 5.08. The summed E-state index contributed by atoms with van der Waals surface area (Å²) in [5.41, 5.74) is 1.65. The van der Waals surface area contributed by atoms with Gasteiger partial charge in [-0.1, -0.05) is 11.6 Å². The van der Waals surface area contributed by atoms with E-state index in [9.17, 15) is 8.78 Å². The van der Waals surface area contributed by atoms with E-state index in [0.29, 0.717) is 16.8 Å². The van der Waals surface area contributed by atoms with Crippen molar-refractivity contribution in [3.8, 4) is 6.07 Å². The maximum atomic E-state index is 13.7. The highest BCUT2D eigenvalue weighted by atomic mass is 35.5. The summed E-state index contributed by atoms with van der Waals surface area (Å²) >= 11 is 5.73. The average Bonchev–Trinajstić information content (AvgIpc) is 2.91. The molecule has 0 spiro atoms. The third-order valence-corrected chi connectivity index (χ3v) is 3.35. The number of H-pyrrole nitrogens is 1. The van der Waals surface area contributed by atoms with E-state index in [0.717, 1.165) is 0 Å². The maximum absolute atomic E-state index is 13.7. The highest BCUT2D eigenvalue weighted by molar-refractivity contribution is 6.31. The molecule has 0 unspecified atom stereocenters. The second-order valence-corrected chi connectivity index (χ2v) is 4.84. The molecule has 21 heavy (non-hydrogen) atoms. The number of nitrogens with one attached hydrogen (secondary N) is 2. The van der Waals surface area contributed by atoms with Crippen LogP contribution in [0.25, 0.3) is 10.9 Å². The standard InChI is InChI=1S/C15H8ClF2N3/c16-11-6-8(1-2-12(11)17)20-14-4-3-13(18)15-10(14)5-9(7-19)21-15/h1-6,20-21H. The van der Waals surface area contributed by atoms with Crippen molar-refractivity contribution in [1.29, 1.82) is 5.26 Å². The van der Waals surface area contributed by atoms with Gasteiger partial charge in [-0.05, 0) is 36.4 Å². The van der Waals surface area contributed by atoms with Crippen LogP contribution in [0.15, 0.2) is 36.4 Å². The fraction of sp³-hybridized carbons (Fsp3) is 0. The van der Waals surface area contributed by atoms with E-state index in [-0.39, 0.29) is 16.2 Å². The first-order valence-corrected chi connectivity index (χ1v) is 6.39. The molecule has 6 heteroatoms. The van der Waals surface area contributed by atoms with E-state index < -0.39 is 11.6 Å². The van der Waals surface area contributed by atoms with Gasteiger partial charge in [-0.15, -0.1) is 0 Å². The molecule has 3 rings (SSSR count). The van der Waals surface area contributed by atoms with Gasteiger partial charge >= 0.3 is 0 Å². The van der Waals surface area contributed by atoms with Gasteiger partial charge in [0, 0.05) is 16.8 Å². The molecule has 2 N–H and O–H groups in total. The average molecular weight is 304 g/mol. The van der Waals surface area contributed by atoms with Crippen LogP contribution in [-0.2, 0) is 0 Å². The Morgan fingerprint density at radius 1 is 1.10 bits per heavy atom. The van der Waals surface area contributed by atoms with Crippen molar-refractivity contribution in [1.82, 2.24) is 4.98 Å². The van der Waals surface area contributed by atoms with Crippen LogP contribution >= 0.6 is 11.6 Å². The monoisotopic (exact) mass is 303 g/mol. The molecule has 0 bridgehead atoms. The number of fused-ring (bicyclic) bond motifs is 1. The number of aromatic amines is 1. The summed E-state index contributed by atoms with van der Waals surface area (Å²) < 4.78 is 26.9. The van der Waals surface area contributed by atoms with Crippen molar-refractivity contribution < 1.29 is 8.78 Å². The summed E-state index contributed by atoms with van der Waals surface area (Å²) in [6.45, 7) is 0. The Balaban J connectivity index is 2.08. The predicted octanol–water partition coefficient (Wildman–Crippen LogP) is 4.71. The fourth-order valence-corrected chi connectivity index (χ4v) is 2.26. The van der Waals surface area contributed by atoms with Crippen LogP contribution in [0.2, 0.25) is 5.02 Å². The lowest BCUT2D eigenvalue weighted by atomic mass is 10.2. The maximum Gasteiger partial charge on any atom is 0.147 e. The highest BCUT2D eigenvalue weighted by Gasteiger charge is 2.10. The molecular weight excluding hydrogens is 296 g/mol. The largest absolute Gasteiger partial charge is 0.355 e. The Labute approximate surface area is 123 Å². The number of hydrogen-bond donors (Lipinski definition) is 2. The molecule has 2 aromatic carbocycles. The van der Waals surface area contributed by atoms with E-state index in [1.165, 1.54) is 24.3 Å². The number of nitriles is 1. The predicted molar refractivity (Wildman–Crippen MR) is 77.7 cm³/mol. The molecule has 104 valence electrons. The Kier molecular flexibility index (Phi) is 3.24. The van der Waals surface area contributed by atoms with Gasteiger partial charge in [0.1, 0.15) is 23.4 Å². The van der Waals surface area contributed by atoms with Crippen LogP contribution in [-0.4, -0.2) is 4.98 Å². The Bertz CT molecular complexity index is 880. The topological polar surface area (TPSA) is 51.6 Å². The Hall–Kier alpha value is -2.58. The number of nitrogens with zero attached hydrogens (tertiary/aromatic N) is 1. The molecule has 0 saturated carbocycles. The molecule has 0 fully saturated rings. The molecule has 0 aliphatic heterocycles. The van der Waals surface area contributed by atoms with E-state index >= 15 is 0 Å². The van der Waals surface area contributed by atoms with Crippen LogP contribution in [0, 0.1) is 23.0 Å². The van der Waals surface area contributed by atoms with E-state index in [1.807, 2.05) is 6.07 Å². The van der Waals surface area contributed by atoms with Crippen molar-refractivity contribution in [3.05, 3.63) is 58.7 Å². The van der Waals surface area contributed by atoms with Crippen LogP contribution in [0.3, 0.4) is 0 Å². The van der Waals surface area contributed by atoms with Crippen molar-refractivity contribution in [2.24, 2.45) is 0 Å². The van der Waals surface area contributed by atoms with Crippen molar-refractivity contribution >= 4 is 33.9 Å². The van der Waals surface area contributed by atoms with Crippen LogP contribution < -0.4 is 5.32 Å². The molecule has 0 amide bonds. The smallest absolute Gasteiger partial charge is 0.147 e. The number of anilines is 2. The zero-order valence-electron chi connectivity index (χ0n) is 10.5. The summed E-state index contributed by atoms with van der Waals surface area (Å²) in [5, 5.41) is 12.5. The minimum absolute atomic E-state index is 0.00913. The molecule has 0 aliphatic rings. The second-order valence-electron chi connectivity index (χ2n) is 4.43. The van der Waals surface area contributed by atoms with Crippen molar-refractivity contribution in [2.45, 2.75) is 0 Å². The SMILES string of the molecule is N#Cc1cc2c(Nc3ccc(F)c(Cl)c3)ccc(F)c2[nH]1. The van der Waals surface area contributed by atoms with Crippen LogP contribution in [0.1, 0.15) is 5.69 Å². The third kappa shape index (κ3) is 2.41. The molecule has 1 aromatic heterocycles. The van der Waals surface area contributed by atoms with Gasteiger partial charge in [0.15, 0.2) is 0 Å². The first-order valence-electron chi connectivity index (χ1n) is 6.02. The lowest BCUT2D eigenvalue weighted by Crippen LogP contribution is -1.92. The number of aromatic nitrogens is 1. The van der Waals surface area contributed by atoms with Gasteiger partial charge in [0.2, 0.25) is 0 Å². The van der Waals surface area contributed by atoms with Crippen LogP contribution in [0.5, 0.6) is 0 Å². The van der Waals surface area contributed by atoms with E-state index in [2.05, 4.69) is 10.3 Å². The van der Waals surface area contributed by atoms with Crippen LogP contribution in [0.4, 0.5) is 20.2 Å².